The van der Waals surface area contributed by atoms with Crippen LogP contribution < -0.4 is 5.32 Å². The van der Waals surface area contributed by atoms with Crippen molar-refractivity contribution in [3.05, 3.63) is 0 Å². The normalized spacial score (nSPS) is 25.1. The van der Waals surface area contributed by atoms with Crippen molar-refractivity contribution in [2.75, 3.05) is 32.8 Å². The van der Waals surface area contributed by atoms with Gasteiger partial charge in [0.1, 0.15) is 0 Å². The number of nitrogens with one attached hydrogen (secondary N) is 1. The first-order valence-electron chi connectivity index (χ1n) is 7.19. The number of carbonyl (C=O) groups excluding carboxylic acids is 1. The third-order valence-corrected chi connectivity index (χ3v) is 4.03. The Hall–Kier alpha value is -0.320. The smallest absolute Gasteiger partial charge is 0.225 e. The summed E-state index contributed by atoms with van der Waals surface area (Å²) >= 11 is 0. The van der Waals surface area contributed by atoms with Gasteiger partial charge in [-0.2, -0.15) is 0 Å². The maximum Gasteiger partial charge on any atom is 0.225 e. The fourth-order valence-electron chi connectivity index (χ4n) is 2.55. The van der Waals surface area contributed by atoms with Gasteiger partial charge in [-0.3, -0.25) is 4.79 Å². The second-order valence-electron chi connectivity index (χ2n) is 6.13. The van der Waals surface area contributed by atoms with Crippen molar-refractivity contribution in [3.63, 3.8) is 0 Å². The van der Waals surface area contributed by atoms with Crippen molar-refractivity contribution >= 4 is 18.3 Å². The number of nitrogens with zero attached hydrogens (tertiary/aromatic N) is 1. The zero-order valence-corrected chi connectivity index (χ0v) is 13.0. The molecule has 1 N–H and O–H groups in total. The first-order valence-corrected chi connectivity index (χ1v) is 7.19. The highest BCUT2D eigenvalue weighted by atomic mass is 35.5. The summed E-state index contributed by atoms with van der Waals surface area (Å²) in [5.41, 5.74) is 0. The summed E-state index contributed by atoms with van der Waals surface area (Å²) < 4.78 is 5.82. The van der Waals surface area contributed by atoms with Crippen LogP contribution in [-0.2, 0) is 9.53 Å². The molecule has 0 aromatic heterocycles. The SMILES string of the molecule is CC(C)COC1CCN(C(=O)C(C)C2CNC2)C1.Cl. The Morgan fingerprint density at radius 2 is 2.05 bits per heavy atom. The third-order valence-electron chi connectivity index (χ3n) is 4.03. The molecule has 4 nitrogen and oxygen atoms in total. The van der Waals surface area contributed by atoms with Crippen molar-refractivity contribution < 1.29 is 9.53 Å². The average Bonchev–Trinajstić information content (AvgIpc) is 2.71. The summed E-state index contributed by atoms with van der Waals surface area (Å²) in [5, 5.41) is 3.23. The molecule has 0 aromatic rings. The highest BCUT2D eigenvalue weighted by Gasteiger charge is 2.34. The maximum atomic E-state index is 12.3. The minimum Gasteiger partial charge on any atom is -0.376 e. The Bertz CT molecular complexity index is 295. The zero-order valence-electron chi connectivity index (χ0n) is 12.2. The molecule has 2 heterocycles. The Morgan fingerprint density at radius 3 is 2.58 bits per heavy atom. The molecule has 2 unspecified atom stereocenters. The number of rotatable bonds is 5. The van der Waals surface area contributed by atoms with Crippen LogP contribution in [0, 0.1) is 17.8 Å². The molecule has 2 atom stereocenters. The lowest BCUT2D eigenvalue weighted by Gasteiger charge is -2.33. The standard InChI is InChI=1S/C14H26N2O2.ClH/c1-10(2)9-18-13-4-5-16(8-13)14(17)11(3)12-6-15-7-12;/h10-13,15H,4-9H2,1-3H3;1H. The molecule has 2 aliphatic heterocycles. The first kappa shape index (κ1) is 16.7. The van der Waals surface area contributed by atoms with E-state index >= 15 is 0 Å². The molecular weight excluding hydrogens is 264 g/mol. The number of hydrogen-bond donors (Lipinski definition) is 1. The Balaban J connectivity index is 0.00000180. The number of halogens is 1. The van der Waals surface area contributed by atoms with E-state index in [1.165, 1.54) is 0 Å². The molecule has 0 saturated carbocycles. The Morgan fingerprint density at radius 1 is 1.37 bits per heavy atom. The second-order valence-corrected chi connectivity index (χ2v) is 6.13. The lowest BCUT2D eigenvalue weighted by molar-refractivity contribution is -0.136. The predicted molar refractivity (Wildman–Crippen MR) is 78.5 cm³/mol. The molecule has 2 saturated heterocycles. The van der Waals surface area contributed by atoms with Gasteiger partial charge in [0, 0.05) is 25.6 Å². The minimum absolute atomic E-state index is 0. The van der Waals surface area contributed by atoms with Crippen LogP contribution in [0.15, 0.2) is 0 Å². The minimum atomic E-state index is 0. The van der Waals surface area contributed by atoms with Crippen molar-refractivity contribution in [2.45, 2.75) is 33.3 Å². The van der Waals surface area contributed by atoms with Crippen molar-refractivity contribution in [1.82, 2.24) is 10.2 Å². The highest BCUT2D eigenvalue weighted by Crippen LogP contribution is 2.22. The topological polar surface area (TPSA) is 41.6 Å². The van der Waals surface area contributed by atoms with Gasteiger partial charge in [0.2, 0.25) is 5.91 Å². The molecule has 0 spiro atoms. The number of carbonyl (C=O) groups is 1. The fraction of sp³-hybridized carbons (Fsp3) is 0.929. The second kappa shape index (κ2) is 7.46. The van der Waals surface area contributed by atoms with Crippen molar-refractivity contribution in [1.29, 1.82) is 0 Å². The van der Waals surface area contributed by atoms with E-state index in [9.17, 15) is 4.79 Å². The van der Waals surface area contributed by atoms with Gasteiger partial charge in [0.05, 0.1) is 6.10 Å². The lowest BCUT2D eigenvalue weighted by atomic mass is 9.88. The zero-order chi connectivity index (χ0) is 13.1. The molecule has 2 rings (SSSR count). The van der Waals surface area contributed by atoms with E-state index in [1.54, 1.807) is 0 Å². The molecule has 5 heteroatoms. The first-order chi connectivity index (χ1) is 8.58. The Kier molecular flexibility index (Phi) is 6.57. The average molecular weight is 291 g/mol. The molecule has 112 valence electrons. The van der Waals surface area contributed by atoms with Crippen molar-refractivity contribution in [2.24, 2.45) is 17.8 Å². The van der Waals surface area contributed by atoms with Crippen LogP contribution in [0.25, 0.3) is 0 Å². The molecule has 0 aromatic carbocycles. The van der Waals surface area contributed by atoms with Gasteiger partial charge >= 0.3 is 0 Å². The van der Waals surface area contributed by atoms with Crippen LogP contribution in [-0.4, -0.2) is 49.7 Å². The molecule has 0 aliphatic carbocycles. The monoisotopic (exact) mass is 290 g/mol. The summed E-state index contributed by atoms with van der Waals surface area (Å²) in [7, 11) is 0. The van der Waals surface area contributed by atoms with E-state index in [2.05, 4.69) is 26.1 Å². The molecule has 1 amide bonds. The number of hydrogen-bond acceptors (Lipinski definition) is 3. The largest absolute Gasteiger partial charge is 0.376 e. The van der Waals surface area contributed by atoms with E-state index in [0.29, 0.717) is 17.7 Å². The van der Waals surface area contributed by atoms with E-state index in [1.807, 2.05) is 4.90 Å². The maximum absolute atomic E-state index is 12.3. The number of amides is 1. The molecule has 0 radical (unpaired) electrons. The van der Waals surface area contributed by atoms with Crippen LogP contribution in [0.1, 0.15) is 27.2 Å². The number of likely N-dealkylation sites (tertiary alicyclic amines) is 1. The summed E-state index contributed by atoms with van der Waals surface area (Å²) in [5.74, 6) is 1.58. The van der Waals surface area contributed by atoms with E-state index in [4.69, 9.17) is 4.74 Å². The summed E-state index contributed by atoms with van der Waals surface area (Å²) in [6.07, 6.45) is 1.25. The van der Waals surface area contributed by atoms with E-state index in [0.717, 1.165) is 39.2 Å². The van der Waals surface area contributed by atoms with Gasteiger partial charge in [0.15, 0.2) is 0 Å². The summed E-state index contributed by atoms with van der Waals surface area (Å²) in [6.45, 7) is 10.8. The van der Waals surface area contributed by atoms with Crippen LogP contribution >= 0.6 is 12.4 Å². The quantitative estimate of drug-likeness (QED) is 0.835. The molecule has 19 heavy (non-hydrogen) atoms. The van der Waals surface area contributed by atoms with Crippen LogP contribution in [0.3, 0.4) is 0 Å². The molecular formula is C14H27ClN2O2. The predicted octanol–water partition coefficient (Wildman–Crippen LogP) is 1.54. The van der Waals surface area contributed by atoms with Gasteiger partial charge in [-0.05, 0) is 31.3 Å². The summed E-state index contributed by atoms with van der Waals surface area (Å²) in [4.78, 5) is 14.3. The molecule has 0 bridgehead atoms. The molecule has 2 fully saturated rings. The summed E-state index contributed by atoms with van der Waals surface area (Å²) in [6, 6.07) is 0. The van der Waals surface area contributed by atoms with Gasteiger partial charge in [-0.25, -0.2) is 0 Å². The van der Waals surface area contributed by atoms with Crippen molar-refractivity contribution in [3.8, 4) is 0 Å². The van der Waals surface area contributed by atoms with E-state index < -0.39 is 0 Å². The van der Waals surface area contributed by atoms with Gasteiger partial charge in [-0.1, -0.05) is 20.8 Å². The van der Waals surface area contributed by atoms with Gasteiger partial charge in [-0.15, -0.1) is 12.4 Å². The number of ether oxygens (including phenoxy) is 1. The van der Waals surface area contributed by atoms with Crippen LogP contribution in [0.5, 0.6) is 0 Å². The third kappa shape index (κ3) is 4.33. The lowest BCUT2D eigenvalue weighted by Crippen LogP contribution is -2.50. The highest BCUT2D eigenvalue weighted by molar-refractivity contribution is 5.85. The van der Waals surface area contributed by atoms with Crippen LogP contribution in [0.2, 0.25) is 0 Å². The molecule has 2 aliphatic rings. The van der Waals surface area contributed by atoms with E-state index in [-0.39, 0.29) is 24.4 Å². The van der Waals surface area contributed by atoms with Crippen LogP contribution in [0.4, 0.5) is 0 Å². The fourth-order valence-corrected chi connectivity index (χ4v) is 2.55. The van der Waals surface area contributed by atoms with Gasteiger partial charge in [0.25, 0.3) is 0 Å². The Labute approximate surface area is 122 Å². The van der Waals surface area contributed by atoms with Gasteiger partial charge < -0.3 is 15.0 Å².